The molecule has 2 N–H and O–H groups in total. The van der Waals surface area contributed by atoms with E-state index < -0.39 is 17.7 Å². The lowest BCUT2D eigenvalue weighted by molar-refractivity contribution is -0.137. The summed E-state index contributed by atoms with van der Waals surface area (Å²) in [4.78, 5) is 21.1. The number of carboxylic acid groups (broad SMARTS) is 2. The van der Waals surface area contributed by atoms with Gasteiger partial charge in [0.05, 0.1) is 9.65 Å². The average Bonchev–Trinajstić information content (AvgIpc) is 2.19. The Balaban J connectivity index is 2.98. The Morgan fingerprint density at radius 2 is 1.88 bits per heavy atom. The maximum absolute atomic E-state index is 10.7. The minimum Gasteiger partial charge on any atom is -0.478 e. The second kappa shape index (κ2) is 5.50. The number of carbonyl (C=O) groups is 2. The van der Waals surface area contributed by atoms with Crippen LogP contribution in [0.15, 0.2) is 36.1 Å². The first-order chi connectivity index (χ1) is 7.50. The van der Waals surface area contributed by atoms with E-state index in [2.05, 4.69) is 0 Å². The number of aliphatic carboxylic acids is 2. The summed E-state index contributed by atoms with van der Waals surface area (Å²) >= 11 is 1.96. The average molecular weight is 334 g/mol. The van der Waals surface area contributed by atoms with Crippen molar-refractivity contribution in [2.75, 3.05) is 0 Å². The largest absolute Gasteiger partial charge is 0.478 e. The number of halogens is 1. The third-order valence-electron chi connectivity index (χ3n) is 1.52. The first kappa shape index (κ1) is 12.5. The van der Waals surface area contributed by atoms with Gasteiger partial charge in [-0.15, -0.1) is 0 Å². The van der Waals surface area contributed by atoms with E-state index in [0.29, 0.717) is 15.4 Å². The van der Waals surface area contributed by atoms with Gasteiger partial charge in [0.15, 0.2) is 0 Å². The van der Waals surface area contributed by atoms with Gasteiger partial charge in [-0.1, -0.05) is 12.1 Å². The fourth-order valence-corrected chi connectivity index (χ4v) is 1.39. The Labute approximate surface area is 104 Å². The second-order valence-corrected chi connectivity index (χ2v) is 3.85. The van der Waals surface area contributed by atoms with Gasteiger partial charge in [-0.05, 0) is 34.7 Å². The summed E-state index contributed by atoms with van der Waals surface area (Å²) in [6.45, 7) is 0. The molecular weight excluding hydrogens is 327 g/mol. The number of ether oxygens (including phenoxy) is 1. The topological polar surface area (TPSA) is 83.8 Å². The molecule has 0 radical (unpaired) electrons. The normalized spacial score (nSPS) is 10.9. The zero-order chi connectivity index (χ0) is 12.1. The van der Waals surface area contributed by atoms with Gasteiger partial charge >= 0.3 is 11.9 Å². The van der Waals surface area contributed by atoms with E-state index in [4.69, 9.17) is 14.9 Å². The van der Waals surface area contributed by atoms with Gasteiger partial charge in [0.2, 0.25) is 5.76 Å². The fraction of sp³-hybridized carbons (Fsp3) is 0. The standard InChI is InChI=1S/C10H7IO5/c11-6-3-1-2-4-7(6)16-8(10(14)15)5-9(12)13/h1-5H,(H,12,13)(H,14,15)/b8-5+. The van der Waals surface area contributed by atoms with Crippen LogP contribution < -0.4 is 4.74 Å². The quantitative estimate of drug-likeness (QED) is 0.498. The summed E-state index contributed by atoms with van der Waals surface area (Å²) in [5.41, 5.74) is 0. The lowest BCUT2D eigenvalue weighted by Crippen LogP contribution is -2.10. The van der Waals surface area contributed by atoms with Crippen LogP contribution in [0.25, 0.3) is 0 Å². The van der Waals surface area contributed by atoms with Crippen LogP contribution in [0.3, 0.4) is 0 Å². The van der Waals surface area contributed by atoms with Crippen molar-refractivity contribution < 1.29 is 24.5 Å². The van der Waals surface area contributed by atoms with E-state index >= 15 is 0 Å². The van der Waals surface area contributed by atoms with E-state index in [1.165, 1.54) is 0 Å². The van der Waals surface area contributed by atoms with Crippen LogP contribution in [0, 0.1) is 3.57 Å². The number of rotatable bonds is 4. The Bertz CT molecular complexity index is 452. The molecule has 0 unspecified atom stereocenters. The number of para-hydroxylation sites is 1. The van der Waals surface area contributed by atoms with Crippen LogP contribution in [0.1, 0.15) is 0 Å². The summed E-state index contributed by atoms with van der Waals surface area (Å²) in [5.74, 6) is -3.12. The number of benzene rings is 1. The lowest BCUT2D eigenvalue weighted by Gasteiger charge is -2.06. The summed E-state index contributed by atoms with van der Waals surface area (Å²) in [6, 6.07) is 6.70. The maximum Gasteiger partial charge on any atom is 0.372 e. The molecular formula is C10H7IO5. The molecule has 1 aromatic rings. The summed E-state index contributed by atoms with van der Waals surface area (Å²) in [7, 11) is 0. The fourth-order valence-electron chi connectivity index (χ4n) is 0.893. The Morgan fingerprint density at radius 3 is 2.38 bits per heavy atom. The Morgan fingerprint density at radius 1 is 1.25 bits per heavy atom. The minimum atomic E-state index is -1.43. The molecule has 1 rings (SSSR count). The minimum absolute atomic E-state index is 0.304. The highest BCUT2D eigenvalue weighted by atomic mass is 127. The second-order valence-electron chi connectivity index (χ2n) is 2.68. The van der Waals surface area contributed by atoms with Crippen molar-refractivity contribution in [1.82, 2.24) is 0 Å². The van der Waals surface area contributed by atoms with Crippen molar-refractivity contribution in [3.05, 3.63) is 39.7 Å². The molecule has 1 aromatic carbocycles. The Hall–Kier alpha value is -1.57. The predicted octanol–water partition coefficient (Wildman–Crippen LogP) is 1.72. The molecule has 84 valence electrons. The zero-order valence-corrected chi connectivity index (χ0v) is 10.0. The van der Waals surface area contributed by atoms with Crippen LogP contribution >= 0.6 is 22.6 Å². The van der Waals surface area contributed by atoms with Crippen LogP contribution in [-0.2, 0) is 9.59 Å². The van der Waals surface area contributed by atoms with Crippen LogP contribution in [0.2, 0.25) is 0 Å². The van der Waals surface area contributed by atoms with E-state index in [9.17, 15) is 9.59 Å². The first-order valence-electron chi connectivity index (χ1n) is 4.11. The predicted molar refractivity (Wildman–Crippen MR) is 63.1 cm³/mol. The van der Waals surface area contributed by atoms with Crippen molar-refractivity contribution >= 4 is 34.5 Å². The molecule has 0 aliphatic carbocycles. The van der Waals surface area contributed by atoms with Crippen LogP contribution in [-0.4, -0.2) is 22.2 Å². The molecule has 0 spiro atoms. The number of carboxylic acids is 2. The molecule has 16 heavy (non-hydrogen) atoms. The molecule has 0 aromatic heterocycles. The molecule has 0 saturated heterocycles. The molecule has 0 bridgehead atoms. The molecule has 0 fully saturated rings. The summed E-state index contributed by atoms with van der Waals surface area (Å²) in [5, 5.41) is 17.2. The molecule has 0 atom stereocenters. The number of hydrogen-bond acceptors (Lipinski definition) is 3. The van der Waals surface area contributed by atoms with Crippen molar-refractivity contribution in [1.29, 1.82) is 0 Å². The molecule has 0 aliphatic rings. The molecule has 0 heterocycles. The van der Waals surface area contributed by atoms with Crippen LogP contribution in [0.4, 0.5) is 0 Å². The third-order valence-corrected chi connectivity index (χ3v) is 2.41. The molecule has 0 aliphatic heterocycles. The molecule has 0 saturated carbocycles. The van der Waals surface area contributed by atoms with Gasteiger partial charge in [0.1, 0.15) is 5.75 Å². The highest BCUT2D eigenvalue weighted by molar-refractivity contribution is 14.1. The summed E-state index contributed by atoms with van der Waals surface area (Å²) in [6.07, 6.45) is 0.505. The maximum atomic E-state index is 10.7. The first-order valence-corrected chi connectivity index (χ1v) is 5.19. The monoisotopic (exact) mass is 334 g/mol. The molecule has 5 nitrogen and oxygen atoms in total. The lowest BCUT2D eigenvalue weighted by atomic mass is 10.3. The van der Waals surface area contributed by atoms with Gasteiger partial charge < -0.3 is 14.9 Å². The highest BCUT2D eigenvalue weighted by Gasteiger charge is 2.13. The van der Waals surface area contributed by atoms with Crippen molar-refractivity contribution in [2.24, 2.45) is 0 Å². The van der Waals surface area contributed by atoms with Crippen molar-refractivity contribution in [3.63, 3.8) is 0 Å². The summed E-state index contributed by atoms with van der Waals surface area (Å²) < 4.78 is 5.68. The van der Waals surface area contributed by atoms with Gasteiger partial charge in [-0.2, -0.15) is 0 Å². The number of hydrogen-bond donors (Lipinski definition) is 2. The van der Waals surface area contributed by atoms with E-state index in [-0.39, 0.29) is 0 Å². The highest BCUT2D eigenvalue weighted by Crippen LogP contribution is 2.21. The van der Waals surface area contributed by atoms with Gasteiger partial charge in [0.25, 0.3) is 0 Å². The smallest absolute Gasteiger partial charge is 0.372 e. The molecule has 0 amide bonds. The SMILES string of the molecule is O=C(O)/C=C(/Oc1ccccc1I)C(=O)O. The Kier molecular flexibility index (Phi) is 4.29. The molecule has 6 heteroatoms. The van der Waals surface area contributed by atoms with E-state index in [1.807, 2.05) is 22.6 Å². The van der Waals surface area contributed by atoms with Gasteiger partial charge in [-0.25, -0.2) is 9.59 Å². The van der Waals surface area contributed by atoms with Crippen molar-refractivity contribution in [3.8, 4) is 5.75 Å². The van der Waals surface area contributed by atoms with Gasteiger partial charge in [0, 0.05) is 0 Å². The van der Waals surface area contributed by atoms with Crippen LogP contribution in [0.5, 0.6) is 5.75 Å². The van der Waals surface area contributed by atoms with E-state index in [0.717, 1.165) is 0 Å². The third kappa shape index (κ3) is 3.54. The van der Waals surface area contributed by atoms with Crippen molar-refractivity contribution in [2.45, 2.75) is 0 Å². The van der Waals surface area contributed by atoms with Gasteiger partial charge in [-0.3, -0.25) is 0 Å². The zero-order valence-electron chi connectivity index (χ0n) is 7.88. The van der Waals surface area contributed by atoms with E-state index in [1.54, 1.807) is 24.3 Å².